The largest absolute Gasteiger partial charge is 0.396 e. The van der Waals surface area contributed by atoms with Gasteiger partial charge < -0.3 is 10.6 Å². The molecule has 1 aromatic heterocycles. The standard InChI is InChI=1S/C13H20ClN3/c1-9-4-3-5-11(6-9)17(2)13-12(15)7-10(14)8-16-13/h7-9,11H,3-6,15H2,1-2H3. The Hall–Kier alpha value is -0.960. The van der Waals surface area contributed by atoms with Crippen LogP contribution in [0.25, 0.3) is 0 Å². The minimum atomic E-state index is 0.551. The number of aromatic nitrogens is 1. The van der Waals surface area contributed by atoms with Crippen molar-refractivity contribution >= 4 is 23.1 Å². The van der Waals surface area contributed by atoms with Gasteiger partial charge in [-0.25, -0.2) is 4.98 Å². The molecule has 2 unspecified atom stereocenters. The van der Waals surface area contributed by atoms with Gasteiger partial charge in [0.1, 0.15) is 0 Å². The zero-order valence-corrected chi connectivity index (χ0v) is 11.2. The molecule has 1 fully saturated rings. The summed E-state index contributed by atoms with van der Waals surface area (Å²) in [5.41, 5.74) is 6.64. The highest BCUT2D eigenvalue weighted by Crippen LogP contribution is 2.31. The van der Waals surface area contributed by atoms with Crippen molar-refractivity contribution < 1.29 is 0 Å². The van der Waals surface area contributed by atoms with Gasteiger partial charge in [0.15, 0.2) is 5.82 Å². The molecule has 0 bridgehead atoms. The monoisotopic (exact) mass is 253 g/mol. The van der Waals surface area contributed by atoms with Crippen molar-refractivity contribution in [2.24, 2.45) is 5.92 Å². The molecule has 4 heteroatoms. The lowest BCUT2D eigenvalue weighted by molar-refractivity contribution is 0.336. The molecule has 1 saturated carbocycles. The highest BCUT2D eigenvalue weighted by Gasteiger charge is 2.24. The molecule has 0 amide bonds. The lowest BCUT2D eigenvalue weighted by Gasteiger charge is -2.35. The number of nitrogen functional groups attached to an aromatic ring is 1. The molecular formula is C13H20ClN3. The number of nitrogens with two attached hydrogens (primary N) is 1. The highest BCUT2D eigenvalue weighted by molar-refractivity contribution is 6.30. The van der Waals surface area contributed by atoms with E-state index >= 15 is 0 Å². The van der Waals surface area contributed by atoms with Crippen molar-refractivity contribution in [1.29, 1.82) is 0 Å². The SMILES string of the molecule is CC1CCCC(N(C)c2ncc(Cl)cc2N)C1. The molecule has 94 valence electrons. The fraction of sp³-hybridized carbons (Fsp3) is 0.615. The number of nitrogens with zero attached hydrogens (tertiary/aromatic N) is 2. The maximum atomic E-state index is 5.98. The molecule has 1 aromatic rings. The minimum Gasteiger partial charge on any atom is -0.396 e. The summed E-state index contributed by atoms with van der Waals surface area (Å²) >= 11 is 5.87. The number of hydrogen-bond donors (Lipinski definition) is 1. The van der Waals surface area contributed by atoms with Gasteiger partial charge in [-0.05, 0) is 24.8 Å². The van der Waals surface area contributed by atoms with Gasteiger partial charge in [-0.3, -0.25) is 0 Å². The first-order chi connectivity index (χ1) is 8.08. The van der Waals surface area contributed by atoms with Crippen LogP contribution in [0.2, 0.25) is 5.02 Å². The summed E-state index contributed by atoms with van der Waals surface area (Å²) < 4.78 is 0. The Labute approximate surface area is 108 Å². The molecule has 0 saturated heterocycles. The van der Waals surface area contributed by atoms with Crippen molar-refractivity contribution in [3.8, 4) is 0 Å². The van der Waals surface area contributed by atoms with Crippen LogP contribution in [-0.4, -0.2) is 18.1 Å². The highest BCUT2D eigenvalue weighted by atomic mass is 35.5. The Balaban J connectivity index is 2.15. The molecule has 1 heterocycles. The van der Waals surface area contributed by atoms with Crippen LogP contribution >= 0.6 is 11.6 Å². The number of rotatable bonds is 2. The average Bonchev–Trinajstić information content (AvgIpc) is 2.28. The molecule has 0 spiro atoms. The second kappa shape index (κ2) is 5.13. The Kier molecular flexibility index (Phi) is 3.77. The van der Waals surface area contributed by atoms with E-state index in [1.807, 2.05) is 0 Å². The Morgan fingerprint density at radius 1 is 1.47 bits per heavy atom. The summed E-state index contributed by atoms with van der Waals surface area (Å²) in [5.74, 6) is 1.65. The Bertz CT molecular complexity index is 394. The molecule has 0 aromatic carbocycles. The van der Waals surface area contributed by atoms with Crippen molar-refractivity contribution in [2.75, 3.05) is 17.7 Å². The number of halogens is 1. The summed E-state index contributed by atoms with van der Waals surface area (Å²) in [7, 11) is 2.08. The van der Waals surface area contributed by atoms with Gasteiger partial charge >= 0.3 is 0 Å². The van der Waals surface area contributed by atoms with Crippen LogP contribution < -0.4 is 10.6 Å². The van der Waals surface area contributed by atoms with Crippen molar-refractivity contribution in [3.63, 3.8) is 0 Å². The molecule has 3 nitrogen and oxygen atoms in total. The van der Waals surface area contributed by atoms with E-state index in [0.717, 1.165) is 11.7 Å². The van der Waals surface area contributed by atoms with E-state index in [-0.39, 0.29) is 0 Å². The van der Waals surface area contributed by atoms with Crippen LogP contribution in [0.3, 0.4) is 0 Å². The first-order valence-corrected chi connectivity index (χ1v) is 6.59. The molecule has 1 aliphatic carbocycles. The first kappa shape index (κ1) is 12.5. The average molecular weight is 254 g/mol. The first-order valence-electron chi connectivity index (χ1n) is 6.21. The van der Waals surface area contributed by atoms with Crippen LogP contribution in [0.1, 0.15) is 32.6 Å². The maximum Gasteiger partial charge on any atom is 0.151 e. The molecule has 0 radical (unpaired) electrons. The zero-order chi connectivity index (χ0) is 12.4. The zero-order valence-electron chi connectivity index (χ0n) is 10.5. The van der Waals surface area contributed by atoms with Gasteiger partial charge in [0.2, 0.25) is 0 Å². The predicted molar refractivity (Wildman–Crippen MR) is 73.5 cm³/mol. The second-order valence-electron chi connectivity index (χ2n) is 5.10. The Morgan fingerprint density at radius 2 is 2.24 bits per heavy atom. The van der Waals surface area contributed by atoms with E-state index < -0.39 is 0 Å². The van der Waals surface area contributed by atoms with Crippen LogP contribution in [0.4, 0.5) is 11.5 Å². The second-order valence-corrected chi connectivity index (χ2v) is 5.54. The molecule has 2 atom stereocenters. The van der Waals surface area contributed by atoms with Gasteiger partial charge in [0.05, 0.1) is 10.7 Å². The summed E-state index contributed by atoms with van der Waals surface area (Å²) in [6.45, 7) is 2.32. The predicted octanol–water partition coefficient (Wildman–Crippen LogP) is 3.33. The normalized spacial score (nSPS) is 24.6. The molecule has 1 aliphatic rings. The van der Waals surface area contributed by atoms with Gasteiger partial charge in [0, 0.05) is 19.3 Å². The molecule has 17 heavy (non-hydrogen) atoms. The molecular weight excluding hydrogens is 234 g/mol. The van der Waals surface area contributed by atoms with Crippen LogP contribution in [-0.2, 0) is 0 Å². The van der Waals surface area contributed by atoms with Crippen molar-refractivity contribution in [1.82, 2.24) is 4.98 Å². The number of pyridine rings is 1. The van der Waals surface area contributed by atoms with Gasteiger partial charge in [-0.2, -0.15) is 0 Å². The summed E-state index contributed by atoms with van der Waals surface area (Å²) in [5, 5.41) is 0.594. The smallest absolute Gasteiger partial charge is 0.151 e. The fourth-order valence-corrected chi connectivity index (χ4v) is 2.84. The Morgan fingerprint density at radius 3 is 2.88 bits per heavy atom. The lowest BCUT2D eigenvalue weighted by atomic mass is 9.86. The molecule has 2 rings (SSSR count). The van der Waals surface area contributed by atoms with Crippen molar-refractivity contribution in [3.05, 3.63) is 17.3 Å². The quantitative estimate of drug-likeness (QED) is 0.879. The van der Waals surface area contributed by atoms with E-state index in [2.05, 4.69) is 23.9 Å². The third kappa shape index (κ3) is 2.83. The van der Waals surface area contributed by atoms with E-state index in [0.29, 0.717) is 16.8 Å². The van der Waals surface area contributed by atoms with E-state index in [4.69, 9.17) is 17.3 Å². The summed E-state index contributed by atoms with van der Waals surface area (Å²) in [6.07, 6.45) is 6.75. The van der Waals surface area contributed by atoms with Crippen LogP contribution in [0, 0.1) is 5.92 Å². The van der Waals surface area contributed by atoms with E-state index in [1.54, 1.807) is 12.3 Å². The number of anilines is 2. The lowest BCUT2D eigenvalue weighted by Crippen LogP contribution is -2.36. The minimum absolute atomic E-state index is 0.551. The number of hydrogen-bond acceptors (Lipinski definition) is 3. The van der Waals surface area contributed by atoms with E-state index in [9.17, 15) is 0 Å². The summed E-state index contributed by atoms with van der Waals surface area (Å²) in [4.78, 5) is 6.56. The van der Waals surface area contributed by atoms with E-state index in [1.165, 1.54) is 25.7 Å². The maximum absolute atomic E-state index is 5.98. The summed E-state index contributed by atoms with van der Waals surface area (Å²) in [6, 6.07) is 2.32. The van der Waals surface area contributed by atoms with Crippen molar-refractivity contribution in [2.45, 2.75) is 38.6 Å². The van der Waals surface area contributed by atoms with Gasteiger partial charge in [-0.15, -0.1) is 0 Å². The fourth-order valence-electron chi connectivity index (χ4n) is 2.67. The topological polar surface area (TPSA) is 42.2 Å². The third-order valence-electron chi connectivity index (χ3n) is 3.65. The van der Waals surface area contributed by atoms with Crippen LogP contribution in [0.5, 0.6) is 0 Å². The van der Waals surface area contributed by atoms with Gasteiger partial charge in [0.25, 0.3) is 0 Å². The third-order valence-corrected chi connectivity index (χ3v) is 3.86. The van der Waals surface area contributed by atoms with Gasteiger partial charge in [-0.1, -0.05) is 31.4 Å². The molecule has 2 N–H and O–H groups in total. The molecule has 0 aliphatic heterocycles. The van der Waals surface area contributed by atoms with Crippen LogP contribution in [0.15, 0.2) is 12.3 Å².